The molecule has 0 atom stereocenters. The maximum atomic E-state index is 13.3. The van der Waals surface area contributed by atoms with Crippen LogP contribution in [0.2, 0.25) is 5.02 Å². The van der Waals surface area contributed by atoms with Crippen LogP contribution in [0, 0.1) is 5.82 Å². The van der Waals surface area contributed by atoms with Gasteiger partial charge in [-0.15, -0.1) is 0 Å². The van der Waals surface area contributed by atoms with Crippen molar-refractivity contribution in [2.45, 2.75) is 6.54 Å². The SMILES string of the molecule is O=C(NCc1ccc(Cl)cc1)C(=O)N/N=C\c1ccccc1F. The lowest BCUT2D eigenvalue weighted by Gasteiger charge is -2.04. The molecule has 0 aliphatic carbocycles. The highest BCUT2D eigenvalue weighted by Crippen LogP contribution is 2.09. The molecule has 2 aromatic rings. The zero-order chi connectivity index (χ0) is 16.7. The van der Waals surface area contributed by atoms with E-state index in [4.69, 9.17) is 11.6 Å². The predicted octanol–water partition coefficient (Wildman–Crippen LogP) is 2.25. The van der Waals surface area contributed by atoms with Gasteiger partial charge < -0.3 is 5.32 Å². The summed E-state index contributed by atoms with van der Waals surface area (Å²) in [6, 6.07) is 12.8. The molecule has 0 radical (unpaired) electrons. The third kappa shape index (κ3) is 5.19. The lowest BCUT2D eigenvalue weighted by atomic mass is 10.2. The van der Waals surface area contributed by atoms with Gasteiger partial charge in [0.05, 0.1) is 6.21 Å². The number of halogens is 2. The van der Waals surface area contributed by atoms with Gasteiger partial charge in [-0.1, -0.05) is 41.9 Å². The molecule has 0 heterocycles. The topological polar surface area (TPSA) is 70.6 Å². The van der Waals surface area contributed by atoms with Gasteiger partial charge in [0.2, 0.25) is 0 Å². The van der Waals surface area contributed by atoms with Crippen molar-refractivity contribution in [3.63, 3.8) is 0 Å². The number of nitrogens with one attached hydrogen (secondary N) is 2. The molecule has 0 saturated carbocycles. The largest absolute Gasteiger partial charge is 0.344 e. The Bertz CT molecular complexity index is 732. The van der Waals surface area contributed by atoms with Crippen LogP contribution in [0.15, 0.2) is 53.6 Å². The minimum atomic E-state index is -0.938. The number of nitrogens with zero attached hydrogens (tertiary/aromatic N) is 1. The van der Waals surface area contributed by atoms with E-state index in [1.165, 1.54) is 18.2 Å². The molecule has 2 aromatic carbocycles. The summed E-state index contributed by atoms with van der Waals surface area (Å²) in [5, 5.41) is 6.57. The summed E-state index contributed by atoms with van der Waals surface area (Å²) >= 11 is 5.75. The van der Waals surface area contributed by atoms with Crippen molar-refractivity contribution in [2.75, 3.05) is 0 Å². The van der Waals surface area contributed by atoms with E-state index in [9.17, 15) is 14.0 Å². The summed E-state index contributed by atoms with van der Waals surface area (Å²) in [4.78, 5) is 23.1. The quantitative estimate of drug-likeness (QED) is 0.512. The second-order valence-corrected chi connectivity index (χ2v) is 4.97. The molecule has 0 aliphatic rings. The van der Waals surface area contributed by atoms with Gasteiger partial charge in [0.25, 0.3) is 0 Å². The molecule has 2 N–H and O–H groups in total. The Morgan fingerprint density at radius 1 is 1.09 bits per heavy atom. The average molecular weight is 334 g/mol. The zero-order valence-electron chi connectivity index (χ0n) is 11.9. The smallest absolute Gasteiger partial charge is 0.329 e. The normalized spacial score (nSPS) is 10.5. The van der Waals surface area contributed by atoms with E-state index in [-0.39, 0.29) is 12.1 Å². The molecule has 0 aromatic heterocycles. The molecule has 118 valence electrons. The monoisotopic (exact) mass is 333 g/mol. The molecule has 0 spiro atoms. The number of hydrazone groups is 1. The standard InChI is InChI=1S/C16H13ClFN3O2/c17-13-7-5-11(6-8-13)9-19-15(22)16(23)21-20-10-12-3-1-2-4-14(12)18/h1-8,10H,9H2,(H,19,22)(H,21,23)/b20-10-. The predicted molar refractivity (Wildman–Crippen MR) is 85.4 cm³/mol. The lowest BCUT2D eigenvalue weighted by Crippen LogP contribution is -2.37. The van der Waals surface area contributed by atoms with Crippen LogP contribution in [0.25, 0.3) is 0 Å². The van der Waals surface area contributed by atoms with Crippen LogP contribution in [0.1, 0.15) is 11.1 Å². The van der Waals surface area contributed by atoms with E-state index < -0.39 is 17.6 Å². The average Bonchev–Trinajstić information content (AvgIpc) is 2.55. The van der Waals surface area contributed by atoms with Crippen molar-refractivity contribution in [1.29, 1.82) is 0 Å². The summed E-state index contributed by atoms with van der Waals surface area (Å²) in [6.07, 6.45) is 1.12. The Hall–Kier alpha value is -2.73. The summed E-state index contributed by atoms with van der Waals surface area (Å²) in [6.45, 7) is 0.181. The fraction of sp³-hybridized carbons (Fsp3) is 0.0625. The van der Waals surface area contributed by atoms with Gasteiger partial charge in [-0.2, -0.15) is 5.10 Å². The van der Waals surface area contributed by atoms with Crippen LogP contribution < -0.4 is 10.7 Å². The summed E-state index contributed by atoms with van der Waals surface area (Å²) < 4.78 is 13.3. The van der Waals surface area contributed by atoms with Crippen molar-refractivity contribution in [1.82, 2.24) is 10.7 Å². The molecule has 23 heavy (non-hydrogen) atoms. The van der Waals surface area contributed by atoms with Crippen LogP contribution >= 0.6 is 11.6 Å². The van der Waals surface area contributed by atoms with Crippen LogP contribution in [0.5, 0.6) is 0 Å². The minimum Gasteiger partial charge on any atom is -0.344 e. The minimum absolute atomic E-state index is 0.181. The molecule has 0 unspecified atom stereocenters. The zero-order valence-corrected chi connectivity index (χ0v) is 12.7. The third-order valence-electron chi connectivity index (χ3n) is 2.85. The van der Waals surface area contributed by atoms with Crippen LogP contribution in [-0.4, -0.2) is 18.0 Å². The molecule has 0 fully saturated rings. The maximum absolute atomic E-state index is 13.3. The van der Waals surface area contributed by atoms with Crippen molar-refractivity contribution in [3.05, 3.63) is 70.5 Å². The fourth-order valence-electron chi connectivity index (χ4n) is 1.66. The molecule has 2 amide bonds. The molecular formula is C16H13ClFN3O2. The van der Waals surface area contributed by atoms with Gasteiger partial charge in [0.1, 0.15) is 5.82 Å². The molecule has 0 aliphatic heterocycles. The number of amides is 2. The number of rotatable bonds is 4. The Balaban J connectivity index is 1.82. The van der Waals surface area contributed by atoms with Gasteiger partial charge in [-0.3, -0.25) is 9.59 Å². The van der Waals surface area contributed by atoms with Gasteiger partial charge >= 0.3 is 11.8 Å². The number of carbonyl (C=O) groups excluding carboxylic acids is 2. The summed E-state index contributed by atoms with van der Waals surface area (Å²) in [5.74, 6) is -2.25. The Kier molecular flexibility index (Phi) is 5.82. The van der Waals surface area contributed by atoms with Gasteiger partial charge in [-0.05, 0) is 23.8 Å². The first-order valence-electron chi connectivity index (χ1n) is 6.66. The van der Waals surface area contributed by atoms with E-state index in [1.807, 2.05) is 5.43 Å². The van der Waals surface area contributed by atoms with E-state index >= 15 is 0 Å². The lowest BCUT2D eigenvalue weighted by molar-refractivity contribution is -0.139. The first-order valence-corrected chi connectivity index (χ1v) is 7.04. The van der Waals surface area contributed by atoms with Crippen molar-refractivity contribution >= 4 is 29.6 Å². The summed E-state index contributed by atoms with van der Waals surface area (Å²) in [7, 11) is 0. The van der Waals surface area contributed by atoms with E-state index in [0.29, 0.717) is 5.02 Å². The second kappa shape index (κ2) is 8.05. The molecular weight excluding hydrogens is 321 g/mol. The Labute approximate surface area is 137 Å². The molecule has 7 heteroatoms. The van der Waals surface area contributed by atoms with E-state index in [0.717, 1.165) is 11.8 Å². The molecule has 2 rings (SSSR count). The number of benzene rings is 2. The molecule has 0 saturated heterocycles. The summed E-state index contributed by atoms with van der Waals surface area (Å²) in [5.41, 5.74) is 3.03. The van der Waals surface area contributed by atoms with Crippen LogP contribution in [0.3, 0.4) is 0 Å². The second-order valence-electron chi connectivity index (χ2n) is 4.53. The van der Waals surface area contributed by atoms with Gasteiger partial charge in [-0.25, -0.2) is 9.82 Å². The van der Waals surface area contributed by atoms with Gasteiger partial charge in [0.15, 0.2) is 0 Å². The molecule has 0 bridgehead atoms. The van der Waals surface area contributed by atoms with Crippen LogP contribution in [0.4, 0.5) is 4.39 Å². The fourth-order valence-corrected chi connectivity index (χ4v) is 1.78. The highest BCUT2D eigenvalue weighted by atomic mass is 35.5. The van der Waals surface area contributed by atoms with Gasteiger partial charge in [0, 0.05) is 17.1 Å². The Morgan fingerprint density at radius 3 is 2.48 bits per heavy atom. The third-order valence-corrected chi connectivity index (χ3v) is 3.10. The highest BCUT2D eigenvalue weighted by Gasteiger charge is 2.11. The first-order chi connectivity index (χ1) is 11.1. The number of hydrogen-bond acceptors (Lipinski definition) is 3. The highest BCUT2D eigenvalue weighted by molar-refractivity contribution is 6.35. The molecule has 5 nitrogen and oxygen atoms in total. The van der Waals surface area contributed by atoms with Crippen molar-refractivity contribution in [3.8, 4) is 0 Å². The van der Waals surface area contributed by atoms with E-state index in [1.54, 1.807) is 30.3 Å². The van der Waals surface area contributed by atoms with E-state index in [2.05, 4.69) is 10.4 Å². The maximum Gasteiger partial charge on any atom is 0.329 e. The van der Waals surface area contributed by atoms with Crippen molar-refractivity contribution < 1.29 is 14.0 Å². The Morgan fingerprint density at radius 2 is 1.78 bits per heavy atom. The number of hydrogen-bond donors (Lipinski definition) is 2. The van der Waals surface area contributed by atoms with Crippen molar-refractivity contribution in [2.24, 2.45) is 5.10 Å². The first kappa shape index (κ1) is 16.6. The number of carbonyl (C=O) groups is 2. The van der Waals surface area contributed by atoms with Crippen LogP contribution in [-0.2, 0) is 16.1 Å².